The van der Waals surface area contributed by atoms with Crippen LogP contribution in [0.3, 0.4) is 0 Å². The minimum atomic E-state index is -0.223. The lowest BCUT2D eigenvalue weighted by Gasteiger charge is -2.00. The van der Waals surface area contributed by atoms with Crippen molar-refractivity contribution >= 4 is 22.9 Å². The van der Waals surface area contributed by atoms with E-state index in [4.69, 9.17) is 4.42 Å². The van der Waals surface area contributed by atoms with Crippen LogP contribution < -0.4 is 5.56 Å². The van der Waals surface area contributed by atoms with Gasteiger partial charge in [0, 0.05) is 18.4 Å². The largest absolute Gasteiger partial charge is 0.441 e. The molecule has 1 N–H and O–H groups in total. The number of oxazole rings is 1. The highest BCUT2D eigenvalue weighted by molar-refractivity contribution is 7.98. The van der Waals surface area contributed by atoms with E-state index < -0.39 is 0 Å². The number of H-pyrrole nitrogens is 1. The second-order valence-corrected chi connectivity index (χ2v) is 7.40. The maximum Gasteiger partial charge on any atom is 0.279 e. The number of aromatic nitrogens is 5. The van der Waals surface area contributed by atoms with E-state index in [9.17, 15) is 4.79 Å². The number of fused-ring (bicyclic) bond motifs is 1. The number of hydrogen-bond donors (Lipinski definition) is 1. The average Bonchev–Trinajstić information content (AvgIpc) is 3.15. The first-order valence-electron chi connectivity index (χ1n) is 8.52. The Hall–Kier alpha value is -2.87. The Morgan fingerprint density at radius 1 is 1.11 bits per heavy atom. The fourth-order valence-corrected chi connectivity index (χ4v) is 3.77. The Labute approximate surface area is 159 Å². The SMILES string of the molecule is Cc1ccc(-c2nc(CSc3nc4c(=O)[nH]c(C)nc4n3C)c(C)o2)cc1. The van der Waals surface area contributed by atoms with Crippen LogP contribution in [-0.2, 0) is 12.8 Å². The standard InChI is InChI=1S/C19H19N5O2S/c1-10-5-7-13(8-6-10)18-22-14(11(2)26-18)9-27-19-23-15-16(24(19)4)20-12(3)21-17(15)25/h5-8H,9H2,1-4H3,(H,20,21,25). The molecule has 0 saturated heterocycles. The van der Waals surface area contributed by atoms with Gasteiger partial charge in [-0.05, 0) is 32.9 Å². The number of aryl methyl sites for hydroxylation is 4. The third kappa shape index (κ3) is 3.28. The Kier molecular flexibility index (Phi) is 4.35. The van der Waals surface area contributed by atoms with E-state index in [-0.39, 0.29) is 5.56 Å². The number of rotatable bonds is 4. The van der Waals surface area contributed by atoms with E-state index in [1.165, 1.54) is 17.3 Å². The van der Waals surface area contributed by atoms with Gasteiger partial charge in [-0.1, -0.05) is 29.5 Å². The van der Waals surface area contributed by atoms with E-state index in [1.54, 1.807) is 6.92 Å². The first kappa shape index (κ1) is 17.5. The Morgan fingerprint density at radius 3 is 2.59 bits per heavy atom. The molecule has 4 aromatic rings. The van der Waals surface area contributed by atoms with Crippen LogP contribution in [-0.4, -0.2) is 24.5 Å². The van der Waals surface area contributed by atoms with Crippen LogP contribution >= 0.6 is 11.8 Å². The van der Waals surface area contributed by atoms with E-state index in [0.29, 0.717) is 33.8 Å². The molecule has 7 nitrogen and oxygen atoms in total. The van der Waals surface area contributed by atoms with E-state index in [1.807, 2.05) is 49.7 Å². The second kappa shape index (κ2) is 6.70. The van der Waals surface area contributed by atoms with Gasteiger partial charge in [-0.3, -0.25) is 4.79 Å². The number of aromatic amines is 1. The average molecular weight is 381 g/mol. The van der Waals surface area contributed by atoms with Crippen LogP contribution in [0, 0.1) is 20.8 Å². The maximum atomic E-state index is 12.1. The van der Waals surface area contributed by atoms with Gasteiger partial charge in [0.2, 0.25) is 5.89 Å². The molecular weight excluding hydrogens is 362 g/mol. The van der Waals surface area contributed by atoms with Crippen molar-refractivity contribution in [3.63, 3.8) is 0 Å². The lowest BCUT2D eigenvalue weighted by Crippen LogP contribution is -2.10. The molecule has 3 aromatic heterocycles. The van der Waals surface area contributed by atoms with Gasteiger partial charge in [-0.2, -0.15) is 0 Å². The lowest BCUT2D eigenvalue weighted by atomic mass is 10.1. The number of hydrogen-bond acceptors (Lipinski definition) is 6. The normalized spacial score (nSPS) is 11.4. The van der Waals surface area contributed by atoms with Crippen LogP contribution in [0.4, 0.5) is 0 Å². The van der Waals surface area contributed by atoms with E-state index >= 15 is 0 Å². The van der Waals surface area contributed by atoms with Crippen molar-refractivity contribution in [2.45, 2.75) is 31.7 Å². The summed E-state index contributed by atoms with van der Waals surface area (Å²) in [6, 6.07) is 8.08. The van der Waals surface area contributed by atoms with Crippen molar-refractivity contribution in [1.82, 2.24) is 24.5 Å². The molecule has 8 heteroatoms. The molecule has 0 aliphatic carbocycles. The van der Waals surface area contributed by atoms with E-state index in [0.717, 1.165) is 17.0 Å². The molecule has 0 aliphatic rings. The van der Waals surface area contributed by atoms with Gasteiger partial charge >= 0.3 is 0 Å². The molecule has 0 fully saturated rings. The number of benzene rings is 1. The Bertz CT molecular complexity index is 1190. The minimum absolute atomic E-state index is 0.223. The summed E-state index contributed by atoms with van der Waals surface area (Å²) in [6.45, 7) is 5.71. The van der Waals surface area contributed by atoms with Crippen molar-refractivity contribution in [2.75, 3.05) is 0 Å². The zero-order valence-electron chi connectivity index (χ0n) is 15.5. The minimum Gasteiger partial charge on any atom is -0.441 e. The monoisotopic (exact) mass is 381 g/mol. The van der Waals surface area contributed by atoms with Gasteiger partial charge in [0.15, 0.2) is 16.3 Å². The molecule has 0 atom stereocenters. The molecule has 4 rings (SSSR count). The first-order valence-corrected chi connectivity index (χ1v) is 9.50. The quantitative estimate of drug-likeness (QED) is 0.544. The highest BCUT2D eigenvalue weighted by atomic mass is 32.2. The summed E-state index contributed by atoms with van der Waals surface area (Å²) >= 11 is 1.50. The molecule has 0 spiro atoms. The predicted octanol–water partition coefficient (Wildman–Crippen LogP) is 3.53. The van der Waals surface area contributed by atoms with Gasteiger partial charge in [-0.25, -0.2) is 15.0 Å². The van der Waals surface area contributed by atoms with Crippen molar-refractivity contribution in [3.8, 4) is 11.5 Å². The van der Waals surface area contributed by atoms with E-state index in [2.05, 4.69) is 19.9 Å². The molecule has 138 valence electrons. The summed E-state index contributed by atoms with van der Waals surface area (Å²) in [7, 11) is 1.86. The molecule has 0 saturated carbocycles. The summed E-state index contributed by atoms with van der Waals surface area (Å²) < 4.78 is 7.67. The smallest absolute Gasteiger partial charge is 0.279 e. The molecule has 1 aromatic carbocycles. The van der Waals surface area contributed by atoms with Gasteiger partial charge < -0.3 is 14.0 Å². The Morgan fingerprint density at radius 2 is 1.85 bits per heavy atom. The zero-order chi connectivity index (χ0) is 19.1. The second-order valence-electron chi connectivity index (χ2n) is 6.45. The summed E-state index contributed by atoms with van der Waals surface area (Å²) in [5.41, 5.74) is 3.71. The third-order valence-electron chi connectivity index (χ3n) is 4.34. The number of nitrogens with one attached hydrogen (secondary N) is 1. The summed E-state index contributed by atoms with van der Waals surface area (Å²) in [6.07, 6.45) is 0. The number of nitrogens with zero attached hydrogens (tertiary/aromatic N) is 4. The highest BCUT2D eigenvalue weighted by Gasteiger charge is 2.16. The summed E-state index contributed by atoms with van der Waals surface area (Å²) in [5, 5.41) is 0.716. The van der Waals surface area contributed by atoms with Crippen molar-refractivity contribution < 1.29 is 4.42 Å². The number of thioether (sulfide) groups is 1. The molecule has 0 aliphatic heterocycles. The molecule has 0 unspecified atom stereocenters. The van der Waals surface area contributed by atoms with Gasteiger partial charge in [0.05, 0.1) is 5.69 Å². The van der Waals surface area contributed by atoms with Gasteiger partial charge in [0.1, 0.15) is 11.6 Å². The van der Waals surface area contributed by atoms with Crippen molar-refractivity contribution in [2.24, 2.45) is 7.05 Å². The zero-order valence-corrected chi connectivity index (χ0v) is 16.3. The topological polar surface area (TPSA) is 89.6 Å². The molecule has 0 radical (unpaired) electrons. The van der Waals surface area contributed by atoms with Crippen LogP contribution in [0.5, 0.6) is 0 Å². The van der Waals surface area contributed by atoms with Gasteiger partial charge in [-0.15, -0.1) is 0 Å². The molecule has 0 bridgehead atoms. The van der Waals surface area contributed by atoms with Crippen molar-refractivity contribution in [3.05, 3.63) is 57.5 Å². The van der Waals surface area contributed by atoms with Crippen molar-refractivity contribution in [1.29, 1.82) is 0 Å². The maximum absolute atomic E-state index is 12.1. The fraction of sp³-hybridized carbons (Fsp3) is 0.263. The molecular formula is C19H19N5O2S. The number of imidazole rings is 1. The third-order valence-corrected chi connectivity index (χ3v) is 5.38. The molecule has 3 heterocycles. The first-order chi connectivity index (χ1) is 12.9. The molecule has 0 amide bonds. The predicted molar refractivity (Wildman–Crippen MR) is 105 cm³/mol. The fourth-order valence-electron chi connectivity index (χ4n) is 2.80. The van der Waals surface area contributed by atoms with Crippen LogP contribution in [0.25, 0.3) is 22.6 Å². The summed E-state index contributed by atoms with van der Waals surface area (Å²) in [5.74, 6) is 2.56. The Balaban J connectivity index is 1.60. The van der Waals surface area contributed by atoms with Crippen LogP contribution in [0.1, 0.15) is 22.8 Å². The lowest BCUT2D eigenvalue weighted by molar-refractivity contribution is 0.540. The van der Waals surface area contributed by atoms with Crippen LogP contribution in [0.2, 0.25) is 0 Å². The summed E-state index contributed by atoms with van der Waals surface area (Å²) in [4.78, 5) is 28.2. The van der Waals surface area contributed by atoms with Crippen LogP contribution in [0.15, 0.2) is 38.6 Å². The van der Waals surface area contributed by atoms with Gasteiger partial charge in [0.25, 0.3) is 5.56 Å². The highest BCUT2D eigenvalue weighted by Crippen LogP contribution is 2.28. The molecule has 27 heavy (non-hydrogen) atoms.